The molecular weight excluding hydrogens is 326 g/mol. The minimum atomic E-state index is -0.266. The van der Waals surface area contributed by atoms with E-state index in [1.54, 1.807) is 4.90 Å². The highest BCUT2D eigenvalue weighted by Gasteiger charge is 2.39. The number of aromatic nitrogens is 2. The fourth-order valence-electron chi connectivity index (χ4n) is 3.15. The largest absolute Gasteiger partial charge is 0.340 e. The van der Waals surface area contributed by atoms with Crippen molar-refractivity contribution in [1.82, 2.24) is 20.0 Å². The molecule has 0 bridgehead atoms. The van der Waals surface area contributed by atoms with E-state index in [4.69, 9.17) is 0 Å². The maximum atomic E-state index is 12.7. The molecule has 0 aromatic carbocycles. The molecule has 1 aromatic rings. The Hall–Kier alpha value is -1.80. The summed E-state index contributed by atoms with van der Waals surface area (Å²) in [5.41, 5.74) is 0. The zero-order valence-corrected chi connectivity index (χ0v) is 14.8. The Labute approximate surface area is 145 Å². The van der Waals surface area contributed by atoms with Gasteiger partial charge >= 0.3 is 0 Å². The van der Waals surface area contributed by atoms with E-state index in [1.165, 1.54) is 11.3 Å². The summed E-state index contributed by atoms with van der Waals surface area (Å²) in [6, 6.07) is 0. The normalized spacial score (nSPS) is 22.2. The van der Waals surface area contributed by atoms with Gasteiger partial charge in [-0.2, -0.15) is 0 Å². The van der Waals surface area contributed by atoms with E-state index in [1.807, 2.05) is 17.9 Å². The number of rotatable bonds is 5. The Balaban J connectivity index is 1.59. The Morgan fingerprint density at radius 2 is 2.08 bits per heavy atom. The Morgan fingerprint density at radius 3 is 2.71 bits per heavy atom. The summed E-state index contributed by atoms with van der Waals surface area (Å²) in [6.45, 7) is 10.2. The zero-order valence-electron chi connectivity index (χ0n) is 14.0. The van der Waals surface area contributed by atoms with Gasteiger partial charge in [0.05, 0.1) is 5.92 Å². The SMILES string of the molecule is C=CCN1CCN(C(=O)C2CC(=O)N(c3nnc(CC)s3)C2)CC1. The summed E-state index contributed by atoms with van der Waals surface area (Å²) >= 11 is 1.43. The standard InChI is InChI=1S/C16H23N5O2S/c1-3-5-19-6-8-20(9-7-19)15(23)12-10-14(22)21(11-12)16-18-17-13(4-2)24-16/h3,12H,1,4-11H2,2H3. The number of carbonyl (C=O) groups excluding carboxylic acids is 2. The number of amides is 2. The van der Waals surface area contributed by atoms with Gasteiger partial charge in [0, 0.05) is 45.7 Å². The van der Waals surface area contributed by atoms with Crippen molar-refractivity contribution in [3.05, 3.63) is 17.7 Å². The number of aryl methyl sites for hydroxylation is 1. The average Bonchev–Trinajstić information content (AvgIpc) is 3.21. The number of hydrogen-bond acceptors (Lipinski definition) is 6. The fourth-order valence-corrected chi connectivity index (χ4v) is 3.95. The molecule has 2 fully saturated rings. The predicted octanol–water partition coefficient (Wildman–Crippen LogP) is 0.784. The van der Waals surface area contributed by atoms with Gasteiger partial charge in [-0.1, -0.05) is 24.3 Å². The van der Waals surface area contributed by atoms with Gasteiger partial charge in [-0.15, -0.1) is 16.8 Å². The lowest BCUT2D eigenvalue weighted by Crippen LogP contribution is -2.50. The first-order valence-electron chi connectivity index (χ1n) is 8.37. The molecule has 24 heavy (non-hydrogen) atoms. The minimum absolute atomic E-state index is 0.0301. The van der Waals surface area contributed by atoms with Crippen LogP contribution < -0.4 is 4.90 Å². The summed E-state index contributed by atoms with van der Waals surface area (Å²) in [4.78, 5) is 30.8. The highest BCUT2D eigenvalue weighted by atomic mass is 32.1. The third-order valence-electron chi connectivity index (χ3n) is 4.54. The monoisotopic (exact) mass is 349 g/mol. The van der Waals surface area contributed by atoms with Crippen LogP contribution in [0.1, 0.15) is 18.4 Å². The lowest BCUT2D eigenvalue weighted by Gasteiger charge is -2.35. The average molecular weight is 349 g/mol. The van der Waals surface area contributed by atoms with Gasteiger partial charge in [-0.3, -0.25) is 19.4 Å². The highest BCUT2D eigenvalue weighted by Crippen LogP contribution is 2.29. The first-order chi connectivity index (χ1) is 11.6. The maximum Gasteiger partial charge on any atom is 0.229 e. The van der Waals surface area contributed by atoms with Gasteiger partial charge in [0.1, 0.15) is 5.01 Å². The second-order valence-electron chi connectivity index (χ2n) is 6.15. The number of piperazine rings is 1. The smallest absolute Gasteiger partial charge is 0.229 e. The Morgan fingerprint density at radius 1 is 1.33 bits per heavy atom. The van der Waals surface area contributed by atoms with Crippen molar-refractivity contribution in [3.8, 4) is 0 Å². The summed E-state index contributed by atoms with van der Waals surface area (Å²) in [7, 11) is 0. The van der Waals surface area contributed by atoms with Crippen molar-refractivity contribution in [2.24, 2.45) is 5.92 Å². The zero-order chi connectivity index (χ0) is 17.1. The van der Waals surface area contributed by atoms with E-state index < -0.39 is 0 Å². The van der Waals surface area contributed by atoms with Crippen LogP contribution in [0, 0.1) is 5.92 Å². The third kappa shape index (κ3) is 3.49. The van der Waals surface area contributed by atoms with E-state index in [0.29, 0.717) is 11.7 Å². The molecule has 0 N–H and O–H groups in total. The Bertz CT molecular complexity index is 624. The van der Waals surface area contributed by atoms with Crippen LogP contribution in [0.4, 0.5) is 5.13 Å². The molecule has 0 spiro atoms. The fraction of sp³-hybridized carbons (Fsp3) is 0.625. The number of hydrogen-bond donors (Lipinski definition) is 0. The summed E-state index contributed by atoms with van der Waals surface area (Å²) in [5.74, 6) is -0.209. The van der Waals surface area contributed by atoms with E-state index in [9.17, 15) is 9.59 Å². The topological polar surface area (TPSA) is 69.6 Å². The molecule has 1 unspecified atom stereocenters. The van der Waals surface area contributed by atoms with Crippen LogP contribution in [-0.4, -0.2) is 71.1 Å². The van der Waals surface area contributed by atoms with Crippen molar-refractivity contribution >= 4 is 28.3 Å². The third-order valence-corrected chi connectivity index (χ3v) is 5.63. The van der Waals surface area contributed by atoms with E-state index >= 15 is 0 Å². The molecule has 8 heteroatoms. The molecule has 2 saturated heterocycles. The van der Waals surface area contributed by atoms with Crippen LogP contribution >= 0.6 is 11.3 Å². The molecule has 2 aliphatic heterocycles. The second kappa shape index (κ2) is 7.40. The van der Waals surface area contributed by atoms with Crippen molar-refractivity contribution in [3.63, 3.8) is 0 Å². The molecular formula is C16H23N5O2S. The predicted molar refractivity (Wildman–Crippen MR) is 93.0 cm³/mol. The Kier molecular flexibility index (Phi) is 5.25. The molecule has 0 saturated carbocycles. The molecule has 7 nitrogen and oxygen atoms in total. The number of nitrogens with zero attached hydrogens (tertiary/aromatic N) is 5. The van der Waals surface area contributed by atoms with Crippen molar-refractivity contribution < 1.29 is 9.59 Å². The van der Waals surface area contributed by atoms with Gasteiger partial charge in [0.15, 0.2) is 0 Å². The second-order valence-corrected chi connectivity index (χ2v) is 7.19. The first-order valence-corrected chi connectivity index (χ1v) is 9.18. The molecule has 3 rings (SSSR count). The molecule has 0 radical (unpaired) electrons. The van der Waals surface area contributed by atoms with Crippen LogP contribution in [0.15, 0.2) is 12.7 Å². The van der Waals surface area contributed by atoms with Crippen molar-refractivity contribution in [2.45, 2.75) is 19.8 Å². The van der Waals surface area contributed by atoms with Gasteiger partial charge < -0.3 is 4.90 Å². The summed E-state index contributed by atoms with van der Waals surface area (Å²) in [5, 5.41) is 9.68. The van der Waals surface area contributed by atoms with Crippen LogP contribution in [-0.2, 0) is 16.0 Å². The maximum absolute atomic E-state index is 12.7. The summed E-state index contributed by atoms with van der Waals surface area (Å²) in [6.07, 6.45) is 2.96. The van der Waals surface area contributed by atoms with Crippen LogP contribution in [0.2, 0.25) is 0 Å². The molecule has 1 atom stereocenters. The van der Waals surface area contributed by atoms with Crippen LogP contribution in [0.5, 0.6) is 0 Å². The molecule has 1 aromatic heterocycles. The molecule has 2 aliphatic rings. The van der Waals surface area contributed by atoms with Crippen LogP contribution in [0.3, 0.4) is 0 Å². The lowest BCUT2D eigenvalue weighted by atomic mass is 10.1. The van der Waals surface area contributed by atoms with Crippen molar-refractivity contribution in [2.75, 3.05) is 44.2 Å². The van der Waals surface area contributed by atoms with Crippen LogP contribution in [0.25, 0.3) is 0 Å². The molecule has 130 valence electrons. The minimum Gasteiger partial charge on any atom is -0.340 e. The number of carbonyl (C=O) groups is 2. The van der Waals surface area contributed by atoms with E-state index in [-0.39, 0.29) is 24.2 Å². The van der Waals surface area contributed by atoms with Gasteiger partial charge in [0.2, 0.25) is 16.9 Å². The lowest BCUT2D eigenvalue weighted by molar-refractivity contribution is -0.137. The van der Waals surface area contributed by atoms with Crippen molar-refractivity contribution in [1.29, 1.82) is 0 Å². The van der Waals surface area contributed by atoms with Gasteiger partial charge in [-0.05, 0) is 6.42 Å². The van der Waals surface area contributed by atoms with Gasteiger partial charge in [0.25, 0.3) is 0 Å². The van der Waals surface area contributed by atoms with E-state index in [2.05, 4.69) is 21.7 Å². The number of anilines is 1. The molecule has 0 aliphatic carbocycles. The first kappa shape index (κ1) is 17.0. The highest BCUT2D eigenvalue weighted by molar-refractivity contribution is 7.15. The van der Waals surface area contributed by atoms with Gasteiger partial charge in [-0.25, -0.2) is 0 Å². The molecule has 2 amide bonds. The van der Waals surface area contributed by atoms with E-state index in [0.717, 1.165) is 44.2 Å². The summed E-state index contributed by atoms with van der Waals surface area (Å²) < 4.78 is 0. The molecule has 3 heterocycles. The quantitative estimate of drug-likeness (QED) is 0.735.